The second kappa shape index (κ2) is 13.9. The molecule has 3 aliphatic carbocycles. The van der Waals surface area contributed by atoms with E-state index in [1.807, 2.05) is 31.2 Å². The number of aliphatic hydroxyl groups is 1. The third-order valence-electron chi connectivity index (χ3n) is 11.8. The summed E-state index contributed by atoms with van der Waals surface area (Å²) in [6.45, 7) is 5.24. The number of carboxylic acid groups (broad SMARTS) is 1. The first kappa shape index (κ1) is 37.1. The van der Waals surface area contributed by atoms with Gasteiger partial charge in [0.15, 0.2) is 0 Å². The van der Waals surface area contributed by atoms with Crippen LogP contribution in [0.1, 0.15) is 85.0 Å². The van der Waals surface area contributed by atoms with E-state index in [2.05, 4.69) is 20.3 Å². The molecule has 1 aromatic heterocycles. The summed E-state index contributed by atoms with van der Waals surface area (Å²) < 4.78 is 39.9. The fraction of sp³-hybridized carbons (Fsp3) is 0.649. The Kier molecular flexibility index (Phi) is 9.75. The summed E-state index contributed by atoms with van der Waals surface area (Å²) in [4.78, 5) is 60.5. The molecule has 2 aliphatic heterocycles. The van der Waals surface area contributed by atoms with Crippen LogP contribution >= 0.6 is 0 Å². The summed E-state index contributed by atoms with van der Waals surface area (Å²) >= 11 is 0. The molecule has 3 heterocycles. The zero-order valence-electron chi connectivity index (χ0n) is 30.2. The Morgan fingerprint density at radius 3 is 2.42 bits per heavy atom. The van der Waals surface area contributed by atoms with Crippen LogP contribution in [0.5, 0.6) is 11.6 Å². The monoisotopic (exact) mass is 755 g/mol. The van der Waals surface area contributed by atoms with E-state index in [0.29, 0.717) is 49.7 Å². The fourth-order valence-corrected chi connectivity index (χ4v) is 9.36. The number of fused-ring (bicyclic) bond motifs is 3. The Morgan fingerprint density at radius 2 is 1.74 bits per heavy atom. The Hall–Kier alpha value is -4.18. The predicted octanol–water partition coefficient (Wildman–Crippen LogP) is 2.84. The molecule has 0 spiro atoms. The average molecular weight is 756 g/mol. The van der Waals surface area contributed by atoms with Crippen molar-refractivity contribution in [1.29, 1.82) is 0 Å². The lowest BCUT2D eigenvalue weighted by atomic mass is 9.87. The first-order valence-corrected chi connectivity index (χ1v) is 20.2. The van der Waals surface area contributed by atoms with Gasteiger partial charge >= 0.3 is 6.09 Å². The number of aliphatic hydroxyl groups excluding tert-OH is 1. The van der Waals surface area contributed by atoms with Crippen LogP contribution in [-0.2, 0) is 24.4 Å². The standard InChI is InChI=1S/C37H49N5O10S/c1-20-7-6-10-28(43)26-17-37(26,34(46)41-53(49,50)36(3)13-14-36)40-31(44)27-16-23(19-42(27)33(45)30(21(2)15-20)39-35(47)48)52-32-25-9-5-4-8-24(25)29(18-38-32)51-22-11-12-22/h4-5,8-9,18,20-23,26-28,30,39,43H,6-7,10-17,19H2,1-3H3,(H,40,44)(H,41,46)(H,47,48)/t20-,21-,23-,26+,27+,28+,30+,37-/m1/s1. The van der Waals surface area contributed by atoms with Crippen LogP contribution in [0.15, 0.2) is 30.5 Å². The van der Waals surface area contributed by atoms with Crippen molar-refractivity contribution in [3.8, 4) is 11.6 Å². The number of nitrogens with one attached hydrogen (secondary N) is 3. The van der Waals surface area contributed by atoms with Crippen LogP contribution < -0.4 is 24.8 Å². The van der Waals surface area contributed by atoms with Crippen molar-refractivity contribution in [2.45, 2.75) is 126 Å². The van der Waals surface area contributed by atoms with Crippen molar-refractivity contribution in [2.24, 2.45) is 17.8 Å². The quantitative estimate of drug-likeness (QED) is 0.264. The zero-order valence-corrected chi connectivity index (χ0v) is 31.1. The molecule has 15 nitrogen and oxygen atoms in total. The van der Waals surface area contributed by atoms with Crippen molar-refractivity contribution >= 4 is 44.6 Å². The van der Waals surface area contributed by atoms with E-state index in [4.69, 9.17) is 9.47 Å². The van der Waals surface area contributed by atoms with Gasteiger partial charge in [-0.3, -0.25) is 19.1 Å². The van der Waals surface area contributed by atoms with E-state index in [0.717, 1.165) is 18.2 Å². The van der Waals surface area contributed by atoms with Crippen molar-refractivity contribution < 1.29 is 47.3 Å². The second-order valence-corrected chi connectivity index (χ2v) is 18.4. The van der Waals surface area contributed by atoms with Gasteiger partial charge in [-0.05, 0) is 69.8 Å². The summed E-state index contributed by atoms with van der Waals surface area (Å²) in [5.74, 6) is -2.52. The van der Waals surface area contributed by atoms with E-state index < -0.39 is 80.3 Å². The maximum absolute atomic E-state index is 14.4. The third kappa shape index (κ3) is 7.48. The van der Waals surface area contributed by atoms with Crippen LogP contribution in [0.2, 0.25) is 0 Å². The lowest BCUT2D eigenvalue weighted by Gasteiger charge is -2.32. The first-order chi connectivity index (χ1) is 25.1. The Balaban J connectivity index is 1.21. The molecule has 53 heavy (non-hydrogen) atoms. The van der Waals surface area contributed by atoms with Gasteiger partial charge in [0.2, 0.25) is 27.7 Å². The number of rotatable bonds is 8. The molecule has 0 unspecified atom stereocenters. The molecule has 288 valence electrons. The van der Waals surface area contributed by atoms with E-state index >= 15 is 0 Å². The van der Waals surface area contributed by atoms with E-state index in [1.54, 1.807) is 20.0 Å². The molecule has 5 fully saturated rings. The van der Waals surface area contributed by atoms with Gasteiger partial charge in [-0.25, -0.2) is 18.2 Å². The average Bonchev–Trinajstić information content (AvgIpc) is 4.05. The van der Waals surface area contributed by atoms with E-state index in [-0.39, 0.29) is 37.3 Å². The molecule has 8 atom stereocenters. The van der Waals surface area contributed by atoms with Crippen LogP contribution in [0.4, 0.5) is 4.79 Å². The number of hydrogen-bond acceptors (Lipinski definition) is 10. The molecule has 5 N–H and O–H groups in total. The highest BCUT2D eigenvalue weighted by Gasteiger charge is 2.66. The van der Waals surface area contributed by atoms with E-state index in [9.17, 15) is 37.8 Å². The molecule has 5 aliphatic rings. The number of hydrogen-bond donors (Lipinski definition) is 5. The molecule has 2 saturated heterocycles. The number of carbonyl (C=O) groups is 4. The molecule has 2 aromatic rings. The zero-order chi connectivity index (χ0) is 37.9. The lowest BCUT2D eigenvalue weighted by Crippen LogP contribution is -2.59. The normalized spacial score (nSPS) is 33.0. The smallest absolute Gasteiger partial charge is 0.405 e. The van der Waals surface area contributed by atoms with Crippen molar-refractivity contribution in [3.05, 3.63) is 30.5 Å². The highest BCUT2D eigenvalue weighted by molar-refractivity contribution is 7.91. The number of benzene rings is 1. The Labute approximate surface area is 308 Å². The Bertz CT molecular complexity index is 1900. The molecular weight excluding hydrogens is 706 g/mol. The largest absolute Gasteiger partial charge is 0.488 e. The lowest BCUT2D eigenvalue weighted by molar-refractivity contribution is -0.142. The number of carbonyl (C=O) groups excluding carboxylic acids is 3. The van der Waals surface area contributed by atoms with Crippen molar-refractivity contribution in [3.63, 3.8) is 0 Å². The van der Waals surface area contributed by atoms with Gasteiger partial charge in [0.1, 0.15) is 29.5 Å². The summed E-state index contributed by atoms with van der Waals surface area (Å²) in [7, 11) is -4.07. The van der Waals surface area contributed by atoms with Crippen LogP contribution in [-0.4, -0.2) is 99.6 Å². The van der Waals surface area contributed by atoms with Crippen LogP contribution in [0, 0.1) is 17.8 Å². The van der Waals surface area contributed by atoms with Crippen molar-refractivity contribution in [2.75, 3.05) is 6.54 Å². The Morgan fingerprint density at radius 1 is 1.02 bits per heavy atom. The van der Waals surface area contributed by atoms with Gasteiger partial charge in [0, 0.05) is 23.1 Å². The van der Waals surface area contributed by atoms with Gasteiger partial charge < -0.3 is 35.2 Å². The van der Waals surface area contributed by atoms with Gasteiger partial charge in [0.05, 0.1) is 29.7 Å². The minimum Gasteiger partial charge on any atom is -0.488 e. The number of sulfonamides is 1. The molecule has 0 bridgehead atoms. The second-order valence-electron chi connectivity index (χ2n) is 16.2. The molecular formula is C37H49N5O10S. The highest BCUT2D eigenvalue weighted by Crippen LogP contribution is 2.49. The topological polar surface area (TPSA) is 214 Å². The van der Waals surface area contributed by atoms with Crippen LogP contribution in [0.3, 0.4) is 0 Å². The summed E-state index contributed by atoms with van der Waals surface area (Å²) in [6, 6.07) is 5.06. The number of amides is 4. The minimum atomic E-state index is -4.07. The highest BCUT2D eigenvalue weighted by atomic mass is 32.2. The summed E-state index contributed by atoms with van der Waals surface area (Å²) in [5, 5.41) is 27.7. The molecule has 16 heteroatoms. The van der Waals surface area contributed by atoms with Gasteiger partial charge in [-0.15, -0.1) is 0 Å². The van der Waals surface area contributed by atoms with Gasteiger partial charge in [-0.1, -0.05) is 44.9 Å². The van der Waals surface area contributed by atoms with E-state index in [1.165, 1.54) is 4.90 Å². The SMILES string of the molecule is C[C@@H]1CCC[C@H](O)[C@@H]2C[C@@]2(C(=O)NS(=O)(=O)C2(C)CC2)NC(=O)[C@@H]2C[C@@H](Oc3ncc(OC4CC4)c4ccccc34)CN2C(=O)[C@@H](NC(=O)O)[C@H](C)C1. The van der Waals surface area contributed by atoms with Gasteiger partial charge in [-0.2, -0.15) is 0 Å². The number of pyridine rings is 1. The number of aromatic nitrogens is 1. The van der Waals surface area contributed by atoms with Crippen molar-refractivity contribution in [1.82, 2.24) is 25.2 Å². The first-order valence-electron chi connectivity index (χ1n) is 18.7. The summed E-state index contributed by atoms with van der Waals surface area (Å²) in [6.07, 6.45) is 3.33. The van der Waals surface area contributed by atoms with Crippen LogP contribution in [0.25, 0.3) is 10.8 Å². The summed E-state index contributed by atoms with van der Waals surface area (Å²) in [5.41, 5.74) is -1.73. The number of ether oxygens (including phenoxy) is 2. The molecule has 7 rings (SSSR count). The molecule has 1 aromatic carbocycles. The van der Waals surface area contributed by atoms with Gasteiger partial charge in [0.25, 0.3) is 5.91 Å². The maximum Gasteiger partial charge on any atom is 0.405 e. The molecule has 3 saturated carbocycles. The minimum absolute atomic E-state index is 0.0134. The predicted molar refractivity (Wildman–Crippen MR) is 191 cm³/mol. The maximum atomic E-state index is 14.4. The fourth-order valence-electron chi connectivity index (χ4n) is 8.05. The number of nitrogens with zero attached hydrogens (tertiary/aromatic N) is 2. The molecule has 4 amide bonds. The third-order valence-corrected chi connectivity index (χ3v) is 14.0. The molecule has 0 radical (unpaired) electrons.